The normalized spacial score (nSPS) is 17.7. The molecule has 1 aliphatic rings. The van der Waals surface area contributed by atoms with Crippen LogP contribution in [0.5, 0.6) is 5.88 Å². The second kappa shape index (κ2) is 6.06. The predicted octanol–water partition coefficient (Wildman–Crippen LogP) is 3.01. The van der Waals surface area contributed by atoms with E-state index in [1.165, 1.54) is 31.6 Å². The smallest absolute Gasteiger partial charge is 0.198 e. The van der Waals surface area contributed by atoms with E-state index in [0.29, 0.717) is 6.04 Å². The summed E-state index contributed by atoms with van der Waals surface area (Å²) in [6, 6.07) is 6.67. The van der Waals surface area contributed by atoms with E-state index in [0.717, 1.165) is 23.9 Å². The van der Waals surface area contributed by atoms with Crippen LogP contribution in [0.4, 0.5) is 0 Å². The number of aromatic nitrogens is 2. The lowest BCUT2D eigenvalue weighted by Gasteiger charge is -2.34. The third-order valence-corrected chi connectivity index (χ3v) is 4.59. The summed E-state index contributed by atoms with van der Waals surface area (Å²) in [5.74, 6) is 1.61. The van der Waals surface area contributed by atoms with Gasteiger partial charge in [-0.2, -0.15) is 0 Å². The first-order chi connectivity index (χ1) is 10.2. The van der Waals surface area contributed by atoms with Gasteiger partial charge in [-0.05, 0) is 64.3 Å². The van der Waals surface area contributed by atoms with Crippen LogP contribution in [0.15, 0.2) is 24.4 Å². The van der Waals surface area contributed by atoms with Gasteiger partial charge < -0.3 is 9.64 Å². The van der Waals surface area contributed by atoms with Gasteiger partial charge in [-0.15, -0.1) is 0 Å². The average molecular weight is 287 g/mol. The van der Waals surface area contributed by atoms with Gasteiger partial charge in [0.25, 0.3) is 0 Å². The molecule has 114 valence electrons. The molecule has 1 fully saturated rings. The molecule has 3 rings (SSSR count). The molecule has 0 saturated carbocycles. The van der Waals surface area contributed by atoms with Crippen molar-refractivity contribution in [3.8, 4) is 5.88 Å². The Bertz CT molecular complexity index is 597. The summed E-state index contributed by atoms with van der Waals surface area (Å²) in [6.45, 7) is 7.02. The molecule has 3 heterocycles. The van der Waals surface area contributed by atoms with Crippen molar-refractivity contribution in [3.63, 3.8) is 0 Å². The standard InChI is InChI=1S/C17H25N3O/c1-13(2)19-9-7-14(8-10-19)11-15-12-20-16(18-15)5-4-6-17(20)21-3/h4-6,12-14H,7-11H2,1-3H3. The number of methoxy groups -OCH3 is 1. The molecule has 4 nitrogen and oxygen atoms in total. The van der Waals surface area contributed by atoms with Gasteiger partial charge in [-0.1, -0.05) is 6.07 Å². The fourth-order valence-electron chi connectivity index (χ4n) is 3.27. The fourth-order valence-corrected chi connectivity index (χ4v) is 3.27. The summed E-state index contributed by atoms with van der Waals surface area (Å²) in [5.41, 5.74) is 2.16. The second-order valence-corrected chi connectivity index (χ2v) is 6.31. The van der Waals surface area contributed by atoms with Crippen molar-refractivity contribution in [3.05, 3.63) is 30.1 Å². The highest BCUT2D eigenvalue weighted by atomic mass is 16.5. The lowest BCUT2D eigenvalue weighted by atomic mass is 9.92. The van der Waals surface area contributed by atoms with Crippen molar-refractivity contribution in [2.75, 3.05) is 20.2 Å². The van der Waals surface area contributed by atoms with E-state index in [1.807, 2.05) is 22.6 Å². The van der Waals surface area contributed by atoms with Crippen molar-refractivity contribution < 1.29 is 4.74 Å². The molecule has 0 radical (unpaired) electrons. The van der Waals surface area contributed by atoms with Crippen molar-refractivity contribution in [1.29, 1.82) is 0 Å². The van der Waals surface area contributed by atoms with Crippen molar-refractivity contribution >= 4 is 5.65 Å². The van der Waals surface area contributed by atoms with E-state index in [-0.39, 0.29) is 0 Å². The summed E-state index contributed by atoms with van der Waals surface area (Å²) in [6.07, 6.45) is 5.77. The Hall–Kier alpha value is -1.55. The molecule has 0 spiro atoms. The third-order valence-electron chi connectivity index (χ3n) is 4.59. The minimum atomic E-state index is 0.672. The van der Waals surface area contributed by atoms with E-state index < -0.39 is 0 Å². The lowest BCUT2D eigenvalue weighted by Crippen LogP contribution is -2.38. The Labute approximate surface area is 126 Å². The Kier molecular flexibility index (Phi) is 4.15. The Balaban J connectivity index is 1.69. The Morgan fingerprint density at radius 3 is 2.71 bits per heavy atom. The molecule has 4 heteroatoms. The summed E-state index contributed by atoms with van der Waals surface area (Å²) >= 11 is 0. The van der Waals surface area contributed by atoms with Crippen LogP contribution in [0.25, 0.3) is 5.65 Å². The molecular formula is C17H25N3O. The van der Waals surface area contributed by atoms with Crippen LogP contribution in [0, 0.1) is 5.92 Å². The first-order valence-electron chi connectivity index (χ1n) is 7.92. The molecule has 2 aromatic heterocycles. The molecule has 0 aliphatic carbocycles. The van der Waals surface area contributed by atoms with E-state index >= 15 is 0 Å². The van der Waals surface area contributed by atoms with Crippen LogP contribution >= 0.6 is 0 Å². The molecule has 0 N–H and O–H groups in total. The summed E-state index contributed by atoms with van der Waals surface area (Å²) in [4.78, 5) is 7.31. The zero-order valence-corrected chi connectivity index (χ0v) is 13.2. The number of nitrogens with zero attached hydrogens (tertiary/aromatic N) is 3. The number of likely N-dealkylation sites (tertiary alicyclic amines) is 1. The molecular weight excluding hydrogens is 262 g/mol. The Morgan fingerprint density at radius 1 is 1.29 bits per heavy atom. The molecule has 0 unspecified atom stereocenters. The van der Waals surface area contributed by atoms with Gasteiger partial charge in [0.1, 0.15) is 5.65 Å². The van der Waals surface area contributed by atoms with Crippen molar-refractivity contribution in [2.45, 2.75) is 39.2 Å². The maximum absolute atomic E-state index is 5.39. The first kappa shape index (κ1) is 14.4. The second-order valence-electron chi connectivity index (χ2n) is 6.31. The number of pyridine rings is 1. The molecule has 1 aliphatic heterocycles. The van der Waals surface area contributed by atoms with Gasteiger partial charge in [0.2, 0.25) is 0 Å². The van der Waals surface area contributed by atoms with Crippen LogP contribution in [0.2, 0.25) is 0 Å². The number of hydrogen-bond donors (Lipinski definition) is 0. The largest absolute Gasteiger partial charge is 0.482 e. The van der Waals surface area contributed by atoms with Gasteiger partial charge >= 0.3 is 0 Å². The van der Waals surface area contributed by atoms with Crippen molar-refractivity contribution in [1.82, 2.24) is 14.3 Å². The van der Waals surface area contributed by atoms with Gasteiger partial charge in [0, 0.05) is 12.2 Å². The number of hydrogen-bond acceptors (Lipinski definition) is 3. The Morgan fingerprint density at radius 2 is 2.05 bits per heavy atom. The first-order valence-corrected chi connectivity index (χ1v) is 7.92. The van der Waals surface area contributed by atoms with Gasteiger partial charge in [-0.25, -0.2) is 4.98 Å². The molecule has 0 aromatic carbocycles. The van der Waals surface area contributed by atoms with Gasteiger partial charge in [-0.3, -0.25) is 4.40 Å². The monoisotopic (exact) mass is 287 g/mol. The maximum atomic E-state index is 5.39. The highest BCUT2D eigenvalue weighted by Gasteiger charge is 2.21. The number of rotatable bonds is 4. The number of imidazole rings is 1. The predicted molar refractivity (Wildman–Crippen MR) is 84.9 cm³/mol. The maximum Gasteiger partial charge on any atom is 0.198 e. The molecule has 0 bridgehead atoms. The van der Waals surface area contributed by atoms with E-state index in [9.17, 15) is 0 Å². The molecule has 0 atom stereocenters. The van der Waals surface area contributed by atoms with Crippen LogP contribution in [-0.4, -0.2) is 40.5 Å². The minimum absolute atomic E-state index is 0.672. The molecule has 0 amide bonds. The topological polar surface area (TPSA) is 29.8 Å². The van der Waals surface area contributed by atoms with Crippen molar-refractivity contribution in [2.24, 2.45) is 5.92 Å². The molecule has 1 saturated heterocycles. The zero-order valence-electron chi connectivity index (χ0n) is 13.2. The quantitative estimate of drug-likeness (QED) is 0.866. The van der Waals surface area contributed by atoms with Gasteiger partial charge in [0.05, 0.1) is 12.8 Å². The van der Waals surface area contributed by atoms with Crippen LogP contribution in [-0.2, 0) is 6.42 Å². The van der Waals surface area contributed by atoms with E-state index in [2.05, 4.69) is 24.9 Å². The fraction of sp³-hybridized carbons (Fsp3) is 0.588. The van der Waals surface area contributed by atoms with Crippen LogP contribution in [0.1, 0.15) is 32.4 Å². The highest BCUT2D eigenvalue weighted by molar-refractivity contribution is 5.43. The van der Waals surface area contributed by atoms with Crippen LogP contribution < -0.4 is 4.74 Å². The number of fused-ring (bicyclic) bond motifs is 1. The molecule has 2 aromatic rings. The number of piperidine rings is 1. The summed E-state index contributed by atoms with van der Waals surface area (Å²) in [7, 11) is 1.70. The highest BCUT2D eigenvalue weighted by Crippen LogP contribution is 2.23. The lowest BCUT2D eigenvalue weighted by molar-refractivity contribution is 0.149. The minimum Gasteiger partial charge on any atom is -0.482 e. The number of ether oxygens (including phenoxy) is 1. The average Bonchev–Trinajstić information content (AvgIpc) is 2.90. The summed E-state index contributed by atoms with van der Waals surface area (Å²) in [5, 5.41) is 0. The zero-order chi connectivity index (χ0) is 14.8. The third kappa shape index (κ3) is 3.05. The molecule has 21 heavy (non-hydrogen) atoms. The van der Waals surface area contributed by atoms with Gasteiger partial charge in [0.15, 0.2) is 5.88 Å². The van der Waals surface area contributed by atoms with Crippen LogP contribution in [0.3, 0.4) is 0 Å². The van der Waals surface area contributed by atoms with E-state index in [1.54, 1.807) is 7.11 Å². The SMILES string of the molecule is COc1cccc2nc(CC3CCN(C(C)C)CC3)cn12. The summed E-state index contributed by atoms with van der Waals surface area (Å²) < 4.78 is 7.43. The van der Waals surface area contributed by atoms with E-state index in [4.69, 9.17) is 9.72 Å².